The lowest BCUT2D eigenvalue weighted by molar-refractivity contribution is -0.117. The first-order valence-electron chi connectivity index (χ1n) is 7.22. The van der Waals surface area contributed by atoms with Crippen molar-refractivity contribution in [3.63, 3.8) is 0 Å². The Morgan fingerprint density at radius 1 is 1.41 bits per heavy atom. The zero-order valence-corrected chi connectivity index (χ0v) is 13.6. The van der Waals surface area contributed by atoms with Crippen LogP contribution >= 0.6 is 11.3 Å². The molecule has 0 aliphatic heterocycles. The summed E-state index contributed by atoms with van der Waals surface area (Å²) in [6.07, 6.45) is 4.08. The molecule has 116 valence electrons. The fourth-order valence-electron chi connectivity index (χ4n) is 2.06. The van der Waals surface area contributed by atoms with E-state index >= 15 is 0 Å². The number of aliphatic hydroxyl groups is 1. The fourth-order valence-corrected chi connectivity index (χ4v) is 2.64. The molecule has 0 saturated heterocycles. The highest BCUT2D eigenvalue weighted by Crippen LogP contribution is 2.14. The van der Waals surface area contributed by atoms with Gasteiger partial charge in [0, 0.05) is 11.5 Å². The Morgan fingerprint density at radius 3 is 2.68 bits per heavy atom. The van der Waals surface area contributed by atoms with Crippen molar-refractivity contribution in [2.45, 2.75) is 26.3 Å². The van der Waals surface area contributed by atoms with E-state index in [0.29, 0.717) is 0 Å². The Labute approximate surface area is 134 Å². The number of benzene rings is 1. The average Bonchev–Trinajstić information content (AvgIpc) is 2.96. The van der Waals surface area contributed by atoms with E-state index in [1.807, 2.05) is 36.6 Å². The van der Waals surface area contributed by atoms with E-state index in [9.17, 15) is 9.90 Å². The molecule has 0 radical (unpaired) electrons. The van der Waals surface area contributed by atoms with Crippen molar-refractivity contribution in [3.8, 4) is 0 Å². The molecule has 1 atom stereocenters. The van der Waals surface area contributed by atoms with Crippen LogP contribution in [-0.4, -0.2) is 22.6 Å². The van der Waals surface area contributed by atoms with Gasteiger partial charge >= 0.3 is 0 Å². The molecular formula is C17H20N2O2S. The monoisotopic (exact) mass is 316 g/mol. The smallest absolute Gasteiger partial charge is 0.244 e. The summed E-state index contributed by atoms with van der Waals surface area (Å²) in [4.78, 5) is 16.2. The van der Waals surface area contributed by atoms with E-state index in [4.69, 9.17) is 0 Å². The summed E-state index contributed by atoms with van der Waals surface area (Å²) in [5.74, 6) is -0.246. The first-order chi connectivity index (χ1) is 10.6. The number of thiazole rings is 1. The van der Waals surface area contributed by atoms with E-state index < -0.39 is 6.04 Å². The summed E-state index contributed by atoms with van der Waals surface area (Å²) in [6.45, 7) is 3.87. The third kappa shape index (κ3) is 4.51. The fraction of sp³-hybridized carbons (Fsp3) is 0.294. The summed E-state index contributed by atoms with van der Waals surface area (Å²) < 4.78 is 0. The Morgan fingerprint density at radius 2 is 2.14 bits per heavy atom. The second-order valence-corrected chi connectivity index (χ2v) is 6.03. The van der Waals surface area contributed by atoms with Crippen molar-refractivity contribution in [1.82, 2.24) is 10.3 Å². The number of hydrogen-bond acceptors (Lipinski definition) is 4. The molecule has 0 aliphatic carbocycles. The second-order valence-electron chi connectivity index (χ2n) is 4.96. The van der Waals surface area contributed by atoms with Gasteiger partial charge in [-0.05, 0) is 30.5 Å². The maximum absolute atomic E-state index is 12.0. The van der Waals surface area contributed by atoms with Gasteiger partial charge in [0.2, 0.25) is 5.91 Å². The van der Waals surface area contributed by atoms with Crippen LogP contribution in [0.5, 0.6) is 0 Å². The van der Waals surface area contributed by atoms with Gasteiger partial charge in [-0.15, -0.1) is 11.3 Å². The van der Waals surface area contributed by atoms with Crippen LogP contribution in [0.2, 0.25) is 0 Å². The normalized spacial score (nSPS) is 12.5. The number of aliphatic hydroxyl groups excluding tert-OH is 1. The molecule has 0 fully saturated rings. The zero-order valence-electron chi connectivity index (χ0n) is 12.7. The molecule has 1 amide bonds. The molecule has 22 heavy (non-hydrogen) atoms. The second kappa shape index (κ2) is 7.87. The summed E-state index contributed by atoms with van der Waals surface area (Å²) in [7, 11) is 0. The first kappa shape index (κ1) is 16.4. The minimum absolute atomic E-state index is 0.138. The Balaban J connectivity index is 1.99. The summed E-state index contributed by atoms with van der Waals surface area (Å²) >= 11 is 1.54. The molecule has 0 aliphatic rings. The molecule has 0 saturated carbocycles. The van der Waals surface area contributed by atoms with Gasteiger partial charge in [-0.3, -0.25) is 4.79 Å². The van der Waals surface area contributed by atoms with Crippen molar-refractivity contribution < 1.29 is 9.90 Å². The van der Waals surface area contributed by atoms with Gasteiger partial charge in [0.1, 0.15) is 0 Å². The van der Waals surface area contributed by atoms with Crippen LogP contribution in [0.4, 0.5) is 0 Å². The Kier molecular flexibility index (Phi) is 5.86. The van der Waals surface area contributed by atoms with Gasteiger partial charge in [0.25, 0.3) is 0 Å². The summed E-state index contributed by atoms with van der Waals surface area (Å²) in [5.41, 5.74) is 2.89. The van der Waals surface area contributed by atoms with E-state index in [1.165, 1.54) is 11.6 Å². The Bertz CT molecular complexity index is 647. The molecule has 1 unspecified atom stereocenters. The number of aryl methyl sites for hydroxylation is 2. The van der Waals surface area contributed by atoms with Crippen LogP contribution < -0.4 is 5.32 Å². The van der Waals surface area contributed by atoms with Crippen LogP contribution in [0.25, 0.3) is 6.08 Å². The highest BCUT2D eigenvalue weighted by atomic mass is 32.1. The van der Waals surface area contributed by atoms with Crippen LogP contribution in [0.3, 0.4) is 0 Å². The molecule has 4 nitrogen and oxygen atoms in total. The molecule has 2 rings (SSSR count). The van der Waals surface area contributed by atoms with E-state index in [2.05, 4.69) is 17.2 Å². The third-order valence-corrected chi connectivity index (χ3v) is 4.12. The third-order valence-electron chi connectivity index (χ3n) is 3.33. The molecule has 1 aromatic heterocycles. The van der Waals surface area contributed by atoms with Gasteiger partial charge < -0.3 is 10.4 Å². The van der Waals surface area contributed by atoms with Crippen LogP contribution in [0, 0.1) is 6.92 Å². The largest absolute Gasteiger partial charge is 0.394 e. The zero-order chi connectivity index (χ0) is 15.9. The number of carbonyl (C=O) groups excluding carboxylic acids is 1. The predicted octanol–water partition coefficient (Wildman–Crippen LogP) is 2.88. The van der Waals surface area contributed by atoms with Crippen molar-refractivity contribution in [3.05, 3.63) is 57.6 Å². The topological polar surface area (TPSA) is 62.2 Å². The summed E-state index contributed by atoms with van der Waals surface area (Å²) in [5, 5.41) is 15.1. The number of aromatic nitrogens is 1. The maximum Gasteiger partial charge on any atom is 0.244 e. The quantitative estimate of drug-likeness (QED) is 0.806. The number of nitrogens with zero attached hydrogens (tertiary/aromatic N) is 1. The van der Waals surface area contributed by atoms with Crippen molar-refractivity contribution >= 4 is 23.3 Å². The van der Waals surface area contributed by atoms with Crippen LogP contribution in [0.1, 0.15) is 34.8 Å². The highest BCUT2D eigenvalue weighted by Gasteiger charge is 2.12. The average molecular weight is 316 g/mol. The Hall–Kier alpha value is -1.98. The lowest BCUT2D eigenvalue weighted by Crippen LogP contribution is -2.29. The van der Waals surface area contributed by atoms with Crippen molar-refractivity contribution in [1.29, 1.82) is 0 Å². The van der Waals surface area contributed by atoms with Gasteiger partial charge in [-0.25, -0.2) is 4.98 Å². The van der Waals surface area contributed by atoms with Crippen molar-refractivity contribution in [2.75, 3.05) is 6.61 Å². The van der Waals surface area contributed by atoms with Crippen molar-refractivity contribution in [2.24, 2.45) is 0 Å². The number of nitrogens with one attached hydrogen (secondary N) is 1. The number of amides is 1. The predicted molar refractivity (Wildman–Crippen MR) is 89.7 cm³/mol. The summed E-state index contributed by atoms with van der Waals surface area (Å²) in [6, 6.07) is 7.50. The van der Waals surface area contributed by atoms with Gasteiger partial charge in [0.05, 0.1) is 23.4 Å². The molecule has 5 heteroatoms. The number of rotatable bonds is 6. The lowest BCUT2D eigenvalue weighted by Gasteiger charge is -2.16. The molecule has 1 aromatic carbocycles. The van der Waals surface area contributed by atoms with Crippen LogP contribution in [0.15, 0.2) is 35.7 Å². The highest BCUT2D eigenvalue weighted by molar-refractivity contribution is 7.09. The molecular weight excluding hydrogens is 296 g/mol. The molecule has 1 heterocycles. The first-order valence-corrected chi connectivity index (χ1v) is 8.10. The van der Waals surface area contributed by atoms with E-state index in [-0.39, 0.29) is 12.5 Å². The van der Waals surface area contributed by atoms with Gasteiger partial charge in [0.15, 0.2) is 0 Å². The van der Waals surface area contributed by atoms with Gasteiger partial charge in [-0.1, -0.05) is 31.2 Å². The minimum Gasteiger partial charge on any atom is -0.394 e. The standard InChI is InChI=1S/C17H20N2O2S/c1-3-13-4-6-14(7-5-13)16(10-20)19-17(21)9-8-15-11-22-12(2)18-15/h4-9,11,16,20H,3,10H2,1-2H3,(H,19,21)/b9-8+. The molecule has 0 spiro atoms. The molecule has 0 bridgehead atoms. The lowest BCUT2D eigenvalue weighted by atomic mass is 10.0. The van der Waals surface area contributed by atoms with Crippen LogP contribution in [-0.2, 0) is 11.2 Å². The number of hydrogen-bond donors (Lipinski definition) is 2. The minimum atomic E-state index is -0.403. The van der Waals surface area contributed by atoms with Gasteiger partial charge in [-0.2, -0.15) is 0 Å². The van der Waals surface area contributed by atoms with E-state index in [1.54, 1.807) is 17.4 Å². The SMILES string of the molecule is CCc1ccc(C(CO)NC(=O)/C=C/c2csc(C)n2)cc1. The van der Waals surface area contributed by atoms with E-state index in [0.717, 1.165) is 22.7 Å². The molecule has 2 N–H and O–H groups in total. The molecule has 2 aromatic rings. The number of carbonyl (C=O) groups is 1. The maximum atomic E-state index is 12.0.